The number of carbonyl (C=O) groups excluding carboxylic acids is 3. The van der Waals surface area contributed by atoms with Crippen molar-refractivity contribution >= 4 is 17.8 Å². The molecule has 0 spiro atoms. The Labute approximate surface area is 229 Å². The Hall–Kier alpha value is -4.17. The summed E-state index contributed by atoms with van der Waals surface area (Å²) in [6.45, 7) is 2.83. The molecule has 0 bridgehead atoms. The van der Waals surface area contributed by atoms with E-state index < -0.39 is 24.2 Å². The molecule has 1 saturated heterocycles. The number of hydrogen-bond acceptors (Lipinski definition) is 6. The highest BCUT2D eigenvalue weighted by Gasteiger charge is 2.36. The number of nitrogens with two attached hydrogens (primary N) is 1. The van der Waals surface area contributed by atoms with Gasteiger partial charge in [-0.3, -0.25) is 9.59 Å². The highest BCUT2D eigenvalue weighted by molar-refractivity contribution is 5.90. The minimum Gasteiger partial charge on any atom is -0.474 e. The third-order valence-corrected chi connectivity index (χ3v) is 6.70. The van der Waals surface area contributed by atoms with E-state index in [2.05, 4.69) is 5.32 Å². The zero-order valence-corrected chi connectivity index (χ0v) is 22.1. The molecule has 0 saturated carbocycles. The highest BCUT2D eigenvalue weighted by atomic mass is 16.6. The van der Waals surface area contributed by atoms with Crippen LogP contribution in [0.5, 0.6) is 5.75 Å². The van der Waals surface area contributed by atoms with E-state index in [1.807, 2.05) is 72.8 Å². The zero-order chi connectivity index (χ0) is 27.6. The van der Waals surface area contributed by atoms with Crippen molar-refractivity contribution in [3.8, 4) is 5.75 Å². The summed E-state index contributed by atoms with van der Waals surface area (Å²) < 4.78 is 11.2. The van der Waals surface area contributed by atoms with Gasteiger partial charge in [-0.1, -0.05) is 72.8 Å². The third-order valence-electron chi connectivity index (χ3n) is 6.70. The van der Waals surface area contributed by atoms with Gasteiger partial charge in [-0.05, 0) is 49.4 Å². The fourth-order valence-electron chi connectivity index (χ4n) is 4.70. The summed E-state index contributed by atoms with van der Waals surface area (Å²) in [7, 11) is 0. The lowest BCUT2D eigenvalue weighted by Gasteiger charge is -2.26. The summed E-state index contributed by atoms with van der Waals surface area (Å²) in [6, 6.07) is 24.8. The van der Waals surface area contributed by atoms with Gasteiger partial charge in [0.25, 0.3) is 0 Å². The Morgan fingerprint density at radius 2 is 1.62 bits per heavy atom. The second kappa shape index (κ2) is 13.6. The number of carbonyl (C=O) groups is 3. The van der Waals surface area contributed by atoms with Crippen LogP contribution in [0.4, 0.5) is 0 Å². The van der Waals surface area contributed by atoms with Crippen molar-refractivity contribution in [1.82, 2.24) is 10.2 Å². The van der Waals surface area contributed by atoms with Crippen LogP contribution in [-0.2, 0) is 32.1 Å². The van der Waals surface area contributed by atoms with Gasteiger partial charge in [-0.15, -0.1) is 0 Å². The predicted molar refractivity (Wildman–Crippen MR) is 148 cm³/mol. The Morgan fingerprint density at radius 1 is 0.949 bits per heavy atom. The van der Waals surface area contributed by atoms with Crippen LogP contribution in [0.1, 0.15) is 42.6 Å². The predicted octanol–water partition coefficient (Wildman–Crippen LogP) is 3.55. The third kappa shape index (κ3) is 7.45. The van der Waals surface area contributed by atoms with Crippen LogP contribution in [0, 0.1) is 0 Å². The van der Waals surface area contributed by atoms with Gasteiger partial charge in [-0.25, -0.2) is 4.79 Å². The van der Waals surface area contributed by atoms with Crippen LogP contribution in [0.3, 0.4) is 0 Å². The van der Waals surface area contributed by atoms with Crippen molar-refractivity contribution in [3.63, 3.8) is 0 Å². The minimum atomic E-state index is -0.879. The van der Waals surface area contributed by atoms with E-state index in [0.29, 0.717) is 37.2 Å². The average molecular weight is 530 g/mol. The van der Waals surface area contributed by atoms with Crippen LogP contribution in [-0.4, -0.2) is 47.9 Å². The van der Waals surface area contributed by atoms with Crippen molar-refractivity contribution in [1.29, 1.82) is 0 Å². The van der Waals surface area contributed by atoms with Crippen molar-refractivity contribution in [2.45, 2.75) is 50.9 Å². The SMILES string of the molecule is CCOC(=O)C(Oc1ccc(CNC(=O)[C@@H]2CCCN2C(=O)[C@@H](N)Cc2ccccc2)cc1)c1ccccc1. The fourth-order valence-corrected chi connectivity index (χ4v) is 4.70. The first-order valence-corrected chi connectivity index (χ1v) is 13.3. The normalized spacial score (nSPS) is 16.3. The molecule has 4 rings (SSSR count). The number of amides is 2. The molecule has 1 unspecified atom stereocenters. The van der Waals surface area contributed by atoms with Gasteiger partial charge in [-0.2, -0.15) is 0 Å². The molecule has 0 radical (unpaired) electrons. The maximum absolute atomic E-state index is 13.0. The maximum Gasteiger partial charge on any atom is 0.352 e. The lowest BCUT2D eigenvalue weighted by atomic mass is 10.1. The molecule has 1 aliphatic rings. The standard InChI is InChI=1S/C31H35N3O5/c1-2-38-31(37)28(24-12-7-4-8-13-24)39-25-17-15-23(16-18-25)21-33-29(35)27-14-9-19-34(27)30(36)26(32)20-22-10-5-3-6-11-22/h3-8,10-13,15-18,26-28H,2,9,14,19-21,32H2,1H3,(H,33,35)/t26-,27-,28?/m0/s1. The number of likely N-dealkylation sites (tertiary alicyclic amines) is 1. The van der Waals surface area contributed by atoms with Crippen molar-refractivity contribution in [3.05, 3.63) is 102 Å². The average Bonchev–Trinajstić information content (AvgIpc) is 3.46. The molecule has 2 amide bonds. The lowest BCUT2D eigenvalue weighted by molar-refractivity contribution is -0.151. The molecule has 39 heavy (non-hydrogen) atoms. The van der Waals surface area contributed by atoms with Gasteiger partial charge < -0.3 is 25.4 Å². The largest absolute Gasteiger partial charge is 0.474 e. The topological polar surface area (TPSA) is 111 Å². The molecule has 3 atom stereocenters. The first-order valence-electron chi connectivity index (χ1n) is 13.3. The van der Waals surface area contributed by atoms with Crippen LogP contribution in [0.15, 0.2) is 84.9 Å². The molecule has 0 aliphatic carbocycles. The number of esters is 1. The molecule has 3 aromatic rings. The summed E-state index contributed by atoms with van der Waals surface area (Å²) in [6.07, 6.45) is 0.921. The molecule has 8 nitrogen and oxygen atoms in total. The van der Waals surface area contributed by atoms with E-state index in [1.54, 1.807) is 24.0 Å². The van der Waals surface area contributed by atoms with Gasteiger partial charge in [0, 0.05) is 18.7 Å². The van der Waals surface area contributed by atoms with Gasteiger partial charge in [0.2, 0.25) is 17.9 Å². The van der Waals surface area contributed by atoms with Gasteiger partial charge in [0.1, 0.15) is 11.8 Å². The van der Waals surface area contributed by atoms with Crippen LogP contribution < -0.4 is 15.8 Å². The van der Waals surface area contributed by atoms with Gasteiger partial charge in [0.15, 0.2) is 0 Å². The molecule has 1 heterocycles. The Kier molecular flexibility index (Phi) is 9.69. The van der Waals surface area contributed by atoms with E-state index in [0.717, 1.165) is 17.5 Å². The van der Waals surface area contributed by atoms with E-state index in [4.69, 9.17) is 15.2 Å². The monoisotopic (exact) mass is 529 g/mol. The number of nitrogens with one attached hydrogen (secondary N) is 1. The summed E-state index contributed by atoms with van der Waals surface area (Å²) in [4.78, 5) is 40.1. The highest BCUT2D eigenvalue weighted by Crippen LogP contribution is 2.24. The molecule has 204 valence electrons. The van der Waals surface area contributed by atoms with Crippen LogP contribution in [0.25, 0.3) is 0 Å². The Bertz CT molecular complexity index is 1230. The second-order valence-electron chi connectivity index (χ2n) is 9.51. The van der Waals surface area contributed by atoms with Crippen molar-refractivity contribution < 1.29 is 23.9 Å². The number of nitrogens with zero attached hydrogens (tertiary/aromatic N) is 1. The number of benzene rings is 3. The minimum absolute atomic E-state index is 0.195. The summed E-state index contributed by atoms with van der Waals surface area (Å²) in [5.41, 5.74) is 8.76. The molecular weight excluding hydrogens is 494 g/mol. The summed E-state index contributed by atoms with van der Waals surface area (Å²) in [5, 5.41) is 2.95. The molecule has 0 aromatic heterocycles. The molecule has 3 N–H and O–H groups in total. The maximum atomic E-state index is 13.0. The first-order chi connectivity index (χ1) is 19.0. The molecule has 1 fully saturated rings. The number of ether oxygens (including phenoxy) is 2. The second-order valence-corrected chi connectivity index (χ2v) is 9.51. The Morgan fingerprint density at radius 3 is 2.28 bits per heavy atom. The quantitative estimate of drug-likeness (QED) is 0.368. The first kappa shape index (κ1) is 27.9. The lowest BCUT2D eigenvalue weighted by Crippen LogP contribution is -2.51. The zero-order valence-electron chi connectivity index (χ0n) is 22.1. The number of rotatable bonds is 11. The van der Waals surface area contributed by atoms with Crippen molar-refractivity contribution in [2.24, 2.45) is 5.73 Å². The number of hydrogen-bond donors (Lipinski definition) is 2. The summed E-state index contributed by atoms with van der Waals surface area (Å²) >= 11 is 0. The smallest absolute Gasteiger partial charge is 0.352 e. The van der Waals surface area contributed by atoms with Gasteiger partial charge >= 0.3 is 5.97 Å². The molecule has 8 heteroatoms. The van der Waals surface area contributed by atoms with Crippen LogP contribution >= 0.6 is 0 Å². The Balaban J connectivity index is 1.32. The van der Waals surface area contributed by atoms with Crippen molar-refractivity contribution in [2.75, 3.05) is 13.2 Å². The van der Waals surface area contributed by atoms with E-state index in [1.165, 1.54) is 0 Å². The van der Waals surface area contributed by atoms with E-state index >= 15 is 0 Å². The molecule has 3 aromatic carbocycles. The van der Waals surface area contributed by atoms with E-state index in [-0.39, 0.29) is 18.4 Å². The molecular formula is C31H35N3O5. The van der Waals surface area contributed by atoms with Gasteiger partial charge in [0.05, 0.1) is 12.6 Å². The molecule has 1 aliphatic heterocycles. The summed E-state index contributed by atoms with van der Waals surface area (Å²) in [5.74, 6) is -0.349. The van der Waals surface area contributed by atoms with E-state index in [9.17, 15) is 14.4 Å². The fraction of sp³-hybridized carbons (Fsp3) is 0.323. The van der Waals surface area contributed by atoms with Crippen LogP contribution in [0.2, 0.25) is 0 Å².